The van der Waals surface area contributed by atoms with Gasteiger partial charge in [0, 0.05) is 24.3 Å². The highest BCUT2D eigenvalue weighted by molar-refractivity contribution is 7.89. The van der Waals surface area contributed by atoms with Crippen LogP contribution >= 0.6 is 0 Å². The van der Waals surface area contributed by atoms with E-state index in [0.29, 0.717) is 18.1 Å². The monoisotopic (exact) mass is 364 g/mol. The Morgan fingerprint density at radius 2 is 1.92 bits per heavy atom. The zero-order valence-electron chi connectivity index (χ0n) is 14.5. The van der Waals surface area contributed by atoms with E-state index in [4.69, 9.17) is 8.94 Å². The summed E-state index contributed by atoms with van der Waals surface area (Å²) in [5.41, 5.74) is 3.49. The van der Waals surface area contributed by atoms with E-state index in [1.807, 2.05) is 32.3 Å². The van der Waals surface area contributed by atoms with Crippen LogP contribution in [0, 0.1) is 27.7 Å². The minimum absolute atomic E-state index is 0.158. The summed E-state index contributed by atoms with van der Waals surface area (Å²) in [6, 6.07) is 2.96. The van der Waals surface area contributed by atoms with Crippen molar-refractivity contribution in [3.05, 3.63) is 41.1 Å². The molecular formula is C16H20N4O4S. The summed E-state index contributed by atoms with van der Waals surface area (Å²) in [6.07, 6.45) is 1.69. The second-order valence-corrected chi connectivity index (χ2v) is 7.55. The van der Waals surface area contributed by atoms with Crippen LogP contribution in [-0.4, -0.2) is 29.7 Å². The summed E-state index contributed by atoms with van der Waals surface area (Å²) in [7, 11) is -3.74. The number of hydrogen-bond acceptors (Lipinski definition) is 6. The summed E-state index contributed by atoms with van der Waals surface area (Å²) >= 11 is 0. The topological polar surface area (TPSA) is 103 Å². The van der Waals surface area contributed by atoms with Gasteiger partial charge in [0.25, 0.3) is 10.0 Å². The van der Waals surface area contributed by atoms with E-state index in [1.165, 1.54) is 6.07 Å². The molecule has 0 aliphatic heterocycles. The van der Waals surface area contributed by atoms with E-state index in [2.05, 4.69) is 14.9 Å². The van der Waals surface area contributed by atoms with Gasteiger partial charge in [-0.15, -0.1) is 0 Å². The summed E-state index contributed by atoms with van der Waals surface area (Å²) in [4.78, 5) is 4.19. The summed E-state index contributed by atoms with van der Waals surface area (Å²) < 4.78 is 39.8. The van der Waals surface area contributed by atoms with Crippen LogP contribution in [0.3, 0.4) is 0 Å². The molecule has 0 fully saturated rings. The molecule has 3 rings (SSSR count). The van der Waals surface area contributed by atoms with Crippen molar-refractivity contribution in [2.75, 3.05) is 6.54 Å². The Morgan fingerprint density at radius 1 is 1.16 bits per heavy atom. The molecule has 3 aromatic rings. The number of furan rings is 1. The summed E-state index contributed by atoms with van der Waals surface area (Å²) in [5, 5.41) is 3.69. The van der Waals surface area contributed by atoms with Gasteiger partial charge in [0.05, 0.1) is 17.7 Å². The molecule has 0 radical (unpaired) electrons. The fourth-order valence-electron chi connectivity index (χ4n) is 2.37. The smallest absolute Gasteiger partial charge is 0.274 e. The third-order valence-corrected chi connectivity index (χ3v) is 5.55. The predicted molar refractivity (Wildman–Crippen MR) is 90.6 cm³/mol. The Labute approximate surface area is 145 Å². The van der Waals surface area contributed by atoms with Crippen molar-refractivity contribution in [3.8, 4) is 11.5 Å². The lowest BCUT2D eigenvalue weighted by molar-refractivity contribution is 0.397. The van der Waals surface area contributed by atoms with E-state index < -0.39 is 10.0 Å². The average Bonchev–Trinajstić information content (AvgIpc) is 3.25. The lowest BCUT2D eigenvalue weighted by Gasteiger charge is -2.07. The van der Waals surface area contributed by atoms with Gasteiger partial charge in [-0.25, -0.2) is 18.1 Å². The maximum absolute atomic E-state index is 12.4. The SMILES string of the molecule is Cc1noc(-c2ccc(S(=O)(=O)NCCn3cnc(C)c3C)o2)c1C. The summed E-state index contributed by atoms with van der Waals surface area (Å²) in [5.74, 6) is 0.767. The number of rotatable bonds is 6. The number of nitrogens with zero attached hydrogens (tertiary/aromatic N) is 3. The Morgan fingerprint density at radius 3 is 2.52 bits per heavy atom. The molecule has 0 aromatic carbocycles. The van der Waals surface area contributed by atoms with Gasteiger partial charge >= 0.3 is 0 Å². The second kappa shape index (κ2) is 6.49. The molecule has 3 aromatic heterocycles. The van der Waals surface area contributed by atoms with Crippen LogP contribution in [-0.2, 0) is 16.6 Å². The first-order valence-corrected chi connectivity index (χ1v) is 9.29. The van der Waals surface area contributed by atoms with E-state index in [-0.39, 0.29) is 11.6 Å². The third kappa shape index (κ3) is 3.38. The third-order valence-electron chi connectivity index (χ3n) is 4.22. The van der Waals surface area contributed by atoms with Gasteiger partial charge in [-0.3, -0.25) is 0 Å². The molecule has 9 heteroatoms. The molecule has 1 N–H and O–H groups in total. The Balaban J connectivity index is 1.70. The van der Waals surface area contributed by atoms with Crippen LogP contribution in [0.1, 0.15) is 22.6 Å². The van der Waals surface area contributed by atoms with Crippen molar-refractivity contribution in [2.24, 2.45) is 0 Å². The second-order valence-electron chi connectivity index (χ2n) is 5.85. The number of nitrogens with one attached hydrogen (secondary N) is 1. The van der Waals surface area contributed by atoms with Crippen molar-refractivity contribution >= 4 is 10.0 Å². The zero-order chi connectivity index (χ0) is 18.2. The lowest BCUT2D eigenvalue weighted by Crippen LogP contribution is -2.27. The molecule has 0 amide bonds. The average molecular weight is 364 g/mol. The van der Waals surface area contributed by atoms with Gasteiger partial charge < -0.3 is 13.5 Å². The Kier molecular flexibility index (Phi) is 4.53. The first-order chi connectivity index (χ1) is 11.8. The number of aromatic nitrogens is 3. The molecular weight excluding hydrogens is 344 g/mol. The highest BCUT2D eigenvalue weighted by Gasteiger charge is 2.21. The van der Waals surface area contributed by atoms with Gasteiger partial charge in [0.1, 0.15) is 0 Å². The van der Waals surface area contributed by atoms with Gasteiger partial charge in [-0.2, -0.15) is 0 Å². The molecule has 0 unspecified atom stereocenters. The standard InChI is InChI=1S/C16H20N4O4S/c1-10-11(2)19-24-16(10)14-5-6-15(23-14)25(21,22)18-7-8-20-9-17-12(3)13(20)4/h5-6,9,18H,7-8H2,1-4H3. The van der Waals surface area contributed by atoms with Crippen LogP contribution in [0.5, 0.6) is 0 Å². The lowest BCUT2D eigenvalue weighted by atomic mass is 10.2. The largest absolute Gasteiger partial charge is 0.440 e. The van der Waals surface area contributed by atoms with Crippen LogP contribution in [0.25, 0.3) is 11.5 Å². The maximum Gasteiger partial charge on any atom is 0.274 e. The van der Waals surface area contributed by atoms with Crippen molar-refractivity contribution in [1.82, 2.24) is 19.4 Å². The minimum atomic E-state index is -3.74. The van der Waals surface area contributed by atoms with Crippen molar-refractivity contribution in [1.29, 1.82) is 0 Å². The number of imidazole rings is 1. The molecule has 0 atom stereocenters. The molecule has 0 aliphatic rings. The Hall–Kier alpha value is -2.39. The molecule has 3 heterocycles. The molecule has 0 aliphatic carbocycles. The van der Waals surface area contributed by atoms with E-state index >= 15 is 0 Å². The van der Waals surface area contributed by atoms with Crippen LogP contribution in [0.2, 0.25) is 0 Å². The van der Waals surface area contributed by atoms with Crippen molar-refractivity contribution < 1.29 is 17.4 Å². The van der Waals surface area contributed by atoms with Gasteiger partial charge in [-0.05, 0) is 39.8 Å². The highest BCUT2D eigenvalue weighted by Crippen LogP contribution is 2.28. The van der Waals surface area contributed by atoms with E-state index in [0.717, 1.165) is 22.6 Å². The number of sulfonamides is 1. The minimum Gasteiger partial charge on any atom is -0.440 e. The maximum atomic E-state index is 12.4. The molecule has 8 nitrogen and oxygen atoms in total. The first kappa shape index (κ1) is 17.4. The highest BCUT2D eigenvalue weighted by atomic mass is 32.2. The van der Waals surface area contributed by atoms with Crippen LogP contribution < -0.4 is 4.72 Å². The van der Waals surface area contributed by atoms with Crippen LogP contribution in [0.15, 0.2) is 32.5 Å². The van der Waals surface area contributed by atoms with Crippen molar-refractivity contribution in [3.63, 3.8) is 0 Å². The fourth-order valence-corrected chi connectivity index (χ4v) is 3.32. The van der Waals surface area contributed by atoms with E-state index in [1.54, 1.807) is 12.4 Å². The molecule has 25 heavy (non-hydrogen) atoms. The quantitative estimate of drug-likeness (QED) is 0.720. The molecule has 0 saturated carbocycles. The van der Waals surface area contributed by atoms with Crippen molar-refractivity contribution in [2.45, 2.75) is 39.3 Å². The molecule has 0 saturated heterocycles. The van der Waals surface area contributed by atoms with Gasteiger partial charge in [0.2, 0.25) is 10.9 Å². The van der Waals surface area contributed by atoms with E-state index in [9.17, 15) is 8.42 Å². The number of hydrogen-bond donors (Lipinski definition) is 1. The molecule has 0 bridgehead atoms. The Bertz CT molecular complexity index is 997. The normalized spacial score (nSPS) is 12.0. The zero-order valence-corrected chi connectivity index (χ0v) is 15.3. The number of aryl methyl sites for hydroxylation is 2. The summed E-state index contributed by atoms with van der Waals surface area (Å²) in [6.45, 7) is 8.22. The molecule has 134 valence electrons. The van der Waals surface area contributed by atoms with Gasteiger partial charge in [0.15, 0.2) is 5.76 Å². The fraction of sp³-hybridized carbons (Fsp3) is 0.375. The predicted octanol–water partition coefficient (Wildman–Crippen LogP) is 2.34. The molecule has 0 spiro atoms. The van der Waals surface area contributed by atoms with Gasteiger partial charge in [-0.1, -0.05) is 5.16 Å². The van der Waals surface area contributed by atoms with Crippen LogP contribution in [0.4, 0.5) is 0 Å². The first-order valence-electron chi connectivity index (χ1n) is 7.80.